The predicted octanol–water partition coefficient (Wildman–Crippen LogP) is 0.667. The van der Waals surface area contributed by atoms with Gasteiger partial charge in [0.1, 0.15) is 6.04 Å². The first-order chi connectivity index (χ1) is 9.26. The van der Waals surface area contributed by atoms with E-state index >= 15 is 0 Å². The van der Waals surface area contributed by atoms with Gasteiger partial charge in [-0.05, 0) is 6.42 Å². The number of esters is 1. The minimum Gasteiger partial charge on any atom is -0.468 e. The van der Waals surface area contributed by atoms with Gasteiger partial charge in [-0.3, -0.25) is 9.69 Å². The van der Waals surface area contributed by atoms with Gasteiger partial charge in [0.15, 0.2) is 0 Å². The minimum absolute atomic E-state index is 0.235. The second-order valence-corrected chi connectivity index (χ2v) is 4.66. The number of imidazole rings is 1. The number of aromatic nitrogens is 2. The number of morpholine rings is 1. The molecule has 2 heterocycles. The quantitative estimate of drug-likeness (QED) is 0.734. The molecule has 1 fully saturated rings. The van der Waals surface area contributed by atoms with Crippen molar-refractivity contribution >= 4 is 5.97 Å². The average molecular weight is 267 g/mol. The van der Waals surface area contributed by atoms with Crippen LogP contribution in [0.5, 0.6) is 0 Å². The number of methoxy groups -OCH3 is 1. The average Bonchev–Trinajstić information content (AvgIpc) is 2.86. The standard InChI is InChI=1S/C13H21N3O3/c1-3-4-16-10-14-7-11(16)8-15-5-6-19-9-12(15)13(17)18-2/h7,10,12H,3-6,8-9H2,1-2H3. The Balaban J connectivity index is 2.06. The van der Waals surface area contributed by atoms with Gasteiger partial charge in [-0.2, -0.15) is 0 Å². The lowest BCUT2D eigenvalue weighted by Crippen LogP contribution is -2.50. The second-order valence-electron chi connectivity index (χ2n) is 4.66. The molecule has 19 heavy (non-hydrogen) atoms. The monoisotopic (exact) mass is 267 g/mol. The van der Waals surface area contributed by atoms with Crippen molar-refractivity contribution in [2.75, 3.05) is 26.9 Å². The third kappa shape index (κ3) is 3.33. The van der Waals surface area contributed by atoms with Gasteiger partial charge >= 0.3 is 5.97 Å². The van der Waals surface area contributed by atoms with Gasteiger partial charge in [0.2, 0.25) is 0 Å². The van der Waals surface area contributed by atoms with E-state index in [1.807, 2.05) is 12.5 Å². The molecule has 0 spiro atoms. The van der Waals surface area contributed by atoms with Crippen LogP contribution in [0.15, 0.2) is 12.5 Å². The van der Waals surface area contributed by atoms with Gasteiger partial charge in [0.05, 0.1) is 32.3 Å². The van der Waals surface area contributed by atoms with E-state index in [0.717, 1.165) is 25.2 Å². The maximum Gasteiger partial charge on any atom is 0.325 e. The predicted molar refractivity (Wildman–Crippen MR) is 69.6 cm³/mol. The third-order valence-electron chi connectivity index (χ3n) is 3.34. The van der Waals surface area contributed by atoms with E-state index < -0.39 is 0 Å². The molecule has 1 saturated heterocycles. The van der Waals surface area contributed by atoms with Gasteiger partial charge in [-0.25, -0.2) is 4.98 Å². The first-order valence-corrected chi connectivity index (χ1v) is 6.65. The Labute approximate surface area is 113 Å². The summed E-state index contributed by atoms with van der Waals surface area (Å²) in [4.78, 5) is 18.0. The molecule has 1 aliphatic rings. The fraction of sp³-hybridized carbons (Fsp3) is 0.692. The van der Waals surface area contributed by atoms with Crippen LogP contribution >= 0.6 is 0 Å². The Morgan fingerprint density at radius 2 is 2.47 bits per heavy atom. The van der Waals surface area contributed by atoms with Gasteiger partial charge in [-0.15, -0.1) is 0 Å². The summed E-state index contributed by atoms with van der Waals surface area (Å²) in [6.45, 7) is 5.56. The zero-order valence-corrected chi connectivity index (χ0v) is 11.5. The highest BCUT2D eigenvalue weighted by atomic mass is 16.5. The minimum atomic E-state index is -0.316. The van der Waals surface area contributed by atoms with Crippen molar-refractivity contribution in [3.63, 3.8) is 0 Å². The Kier molecular flexibility index (Phi) is 4.93. The van der Waals surface area contributed by atoms with Crippen LogP contribution in [0.4, 0.5) is 0 Å². The molecular formula is C13H21N3O3. The van der Waals surface area contributed by atoms with Crippen molar-refractivity contribution in [1.29, 1.82) is 0 Å². The van der Waals surface area contributed by atoms with Crippen molar-refractivity contribution in [2.45, 2.75) is 32.5 Å². The fourth-order valence-electron chi connectivity index (χ4n) is 2.31. The Hall–Kier alpha value is -1.40. The number of rotatable bonds is 5. The zero-order valence-electron chi connectivity index (χ0n) is 11.5. The lowest BCUT2D eigenvalue weighted by atomic mass is 10.2. The van der Waals surface area contributed by atoms with Crippen molar-refractivity contribution in [2.24, 2.45) is 0 Å². The summed E-state index contributed by atoms with van der Waals surface area (Å²) in [5.74, 6) is -0.235. The number of nitrogens with zero attached hydrogens (tertiary/aromatic N) is 3. The van der Waals surface area contributed by atoms with Gasteiger partial charge in [0.25, 0.3) is 0 Å². The Morgan fingerprint density at radius 3 is 3.21 bits per heavy atom. The molecule has 0 aromatic carbocycles. The Bertz CT molecular complexity index is 419. The lowest BCUT2D eigenvalue weighted by Gasteiger charge is -2.33. The number of hydrogen-bond donors (Lipinski definition) is 0. The van der Waals surface area contributed by atoms with Gasteiger partial charge in [-0.1, -0.05) is 6.92 Å². The number of carbonyl (C=O) groups is 1. The van der Waals surface area contributed by atoms with Crippen LogP contribution < -0.4 is 0 Å². The van der Waals surface area contributed by atoms with E-state index in [2.05, 4.69) is 21.4 Å². The molecule has 0 N–H and O–H groups in total. The summed E-state index contributed by atoms with van der Waals surface area (Å²) in [5.41, 5.74) is 1.12. The number of ether oxygens (including phenoxy) is 2. The number of hydrogen-bond acceptors (Lipinski definition) is 5. The molecule has 0 bridgehead atoms. The largest absolute Gasteiger partial charge is 0.468 e. The molecular weight excluding hydrogens is 246 g/mol. The van der Waals surface area contributed by atoms with E-state index in [1.54, 1.807) is 0 Å². The maximum atomic E-state index is 11.8. The molecule has 0 amide bonds. The van der Waals surface area contributed by atoms with Crippen LogP contribution in [0, 0.1) is 0 Å². The van der Waals surface area contributed by atoms with Gasteiger partial charge < -0.3 is 14.0 Å². The molecule has 1 atom stereocenters. The molecule has 6 nitrogen and oxygen atoms in total. The van der Waals surface area contributed by atoms with Crippen LogP contribution in [0.1, 0.15) is 19.0 Å². The van der Waals surface area contributed by atoms with E-state index in [-0.39, 0.29) is 12.0 Å². The van der Waals surface area contributed by atoms with Crippen LogP contribution in [0.2, 0.25) is 0 Å². The van der Waals surface area contributed by atoms with Crippen LogP contribution in [0.25, 0.3) is 0 Å². The summed E-state index contributed by atoms with van der Waals surface area (Å²) >= 11 is 0. The zero-order chi connectivity index (χ0) is 13.7. The lowest BCUT2D eigenvalue weighted by molar-refractivity contribution is -0.153. The Morgan fingerprint density at radius 1 is 1.63 bits per heavy atom. The van der Waals surface area contributed by atoms with Crippen molar-refractivity contribution < 1.29 is 14.3 Å². The normalized spacial score (nSPS) is 20.4. The fourth-order valence-corrected chi connectivity index (χ4v) is 2.31. The summed E-state index contributed by atoms with van der Waals surface area (Å²) in [7, 11) is 1.41. The summed E-state index contributed by atoms with van der Waals surface area (Å²) < 4.78 is 12.3. The molecule has 1 aromatic rings. The highest BCUT2D eigenvalue weighted by Gasteiger charge is 2.30. The van der Waals surface area contributed by atoms with Crippen LogP contribution in [0.3, 0.4) is 0 Å². The van der Waals surface area contributed by atoms with Crippen molar-refractivity contribution in [3.05, 3.63) is 18.2 Å². The van der Waals surface area contributed by atoms with E-state index in [0.29, 0.717) is 19.8 Å². The van der Waals surface area contributed by atoms with Crippen LogP contribution in [-0.4, -0.2) is 53.3 Å². The van der Waals surface area contributed by atoms with Crippen molar-refractivity contribution in [3.8, 4) is 0 Å². The van der Waals surface area contributed by atoms with Gasteiger partial charge in [0, 0.05) is 25.8 Å². The summed E-state index contributed by atoms with van der Waals surface area (Å²) in [6, 6.07) is -0.316. The van der Waals surface area contributed by atoms with E-state index in [9.17, 15) is 4.79 Å². The molecule has 1 aliphatic heterocycles. The molecule has 0 saturated carbocycles. The molecule has 6 heteroatoms. The molecule has 0 radical (unpaired) electrons. The second kappa shape index (κ2) is 6.68. The number of aryl methyl sites for hydroxylation is 1. The first kappa shape index (κ1) is 14.0. The van der Waals surface area contributed by atoms with Crippen LogP contribution in [-0.2, 0) is 27.4 Å². The smallest absolute Gasteiger partial charge is 0.325 e. The van der Waals surface area contributed by atoms with E-state index in [1.165, 1.54) is 7.11 Å². The highest BCUT2D eigenvalue weighted by molar-refractivity contribution is 5.75. The molecule has 0 aliphatic carbocycles. The summed E-state index contributed by atoms with van der Waals surface area (Å²) in [6.07, 6.45) is 4.76. The summed E-state index contributed by atoms with van der Waals surface area (Å²) in [5, 5.41) is 0. The van der Waals surface area contributed by atoms with Crippen molar-refractivity contribution in [1.82, 2.24) is 14.5 Å². The maximum absolute atomic E-state index is 11.8. The molecule has 106 valence electrons. The highest BCUT2D eigenvalue weighted by Crippen LogP contribution is 2.13. The molecule has 1 unspecified atom stereocenters. The first-order valence-electron chi connectivity index (χ1n) is 6.65. The molecule has 1 aromatic heterocycles. The SMILES string of the molecule is CCCn1cncc1CN1CCOCC1C(=O)OC. The number of carbonyl (C=O) groups excluding carboxylic acids is 1. The molecule has 2 rings (SSSR count). The third-order valence-corrected chi connectivity index (χ3v) is 3.34. The van der Waals surface area contributed by atoms with E-state index in [4.69, 9.17) is 9.47 Å². The topological polar surface area (TPSA) is 56.6 Å².